The number of aliphatic hydroxyl groups excluding tert-OH is 1. The fourth-order valence-corrected chi connectivity index (χ4v) is 1.62. The number of benzene rings is 1. The summed E-state index contributed by atoms with van der Waals surface area (Å²) in [4.78, 5) is 0. The summed E-state index contributed by atoms with van der Waals surface area (Å²) >= 11 is 5.71. The number of hydrogen-bond acceptors (Lipinski definition) is 3. The molecule has 1 aromatic carbocycles. The smallest absolute Gasteiger partial charge is 0.416 e. The summed E-state index contributed by atoms with van der Waals surface area (Å²) in [5.41, 5.74) is 3.79. The molecule has 3 nitrogen and oxygen atoms in total. The predicted octanol–water partition coefficient (Wildman–Crippen LogP) is 2.36. The normalized spacial score (nSPS) is 13.6. The van der Waals surface area contributed by atoms with Gasteiger partial charge < -0.3 is 15.6 Å². The van der Waals surface area contributed by atoms with Crippen LogP contribution in [0, 0.1) is 0 Å². The Morgan fingerprint density at radius 3 is 2.47 bits per heavy atom. The van der Waals surface area contributed by atoms with Gasteiger partial charge in [-0.3, -0.25) is 0 Å². The van der Waals surface area contributed by atoms with Crippen molar-refractivity contribution in [1.82, 2.24) is 0 Å². The highest BCUT2D eigenvalue weighted by molar-refractivity contribution is 6.32. The number of methoxy groups -OCH3 is 1. The summed E-state index contributed by atoms with van der Waals surface area (Å²) in [6, 6.07) is 1.76. The number of aliphatic hydroxyl groups is 1. The predicted molar refractivity (Wildman–Crippen MR) is 57.0 cm³/mol. The fourth-order valence-electron chi connectivity index (χ4n) is 1.37. The number of halogens is 4. The zero-order chi connectivity index (χ0) is 13.2. The average Bonchev–Trinajstić information content (AvgIpc) is 2.26. The highest BCUT2D eigenvalue weighted by Crippen LogP contribution is 2.39. The van der Waals surface area contributed by atoms with E-state index in [0.717, 1.165) is 12.1 Å². The van der Waals surface area contributed by atoms with Crippen molar-refractivity contribution in [3.8, 4) is 5.75 Å². The third-order valence-corrected chi connectivity index (χ3v) is 2.51. The monoisotopic (exact) mass is 269 g/mol. The molecule has 0 spiro atoms. The van der Waals surface area contributed by atoms with Crippen LogP contribution in [-0.4, -0.2) is 18.8 Å². The molecular weight excluding hydrogens is 259 g/mol. The van der Waals surface area contributed by atoms with Crippen molar-refractivity contribution in [3.63, 3.8) is 0 Å². The maximum Gasteiger partial charge on any atom is 0.416 e. The lowest BCUT2D eigenvalue weighted by Gasteiger charge is -2.18. The van der Waals surface area contributed by atoms with E-state index >= 15 is 0 Å². The molecule has 0 amide bonds. The van der Waals surface area contributed by atoms with Crippen LogP contribution < -0.4 is 10.5 Å². The van der Waals surface area contributed by atoms with E-state index in [-0.39, 0.29) is 22.9 Å². The van der Waals surface area contributed by atoms with Crippen molar-refractivity contribution in [2.45, 2.75) is 12.3 Å². The molecular formula is C10H11ClF3NO2. The van der Waals surface area contributed by atoms with Crippen LogP contribution in [0.5, 0.6) is 5.75 Å². The first-order valence-electron chi connectivity index (χ1n) is 4.64. The minimum absolute atomic E-state index is 0.0111. The Kier molecular flexibility index (Phi) is 4.24. The van der Waals surface area contributed by atoms with Gasteiger partial charge in [-0.2, -0.15) is 13.2 Å². The van der Waals surface area contributed by atoms with Crippen molar-refractivity contribution in [3.05, 3.63) is 28.3 Å². The van der Waals surface area contributed by atoms with Crippen LogP contribution in [0.2, 0.25) is 5.02 Å². The first-order valence-corrected chi connectivity index (χ1v) is 5.01. The van der Waals surface area contributed by atoms with Gasteiger partial charge in [-0.05, 0) is 17.7 Å². The van der Waals surface area contributed by atoms with E-state index in [1.54, 1.807) is 0 Å². The molecule has 96 valence electrons. The van der Waals surface area contributed by atoms with Crippen LogP contribution in [0.1, 0.15) is 17.2 Å². The Bertz CT molecular complexity index is 409. The highest BCUT2D eigenvalue weighted by atomic mass is 35.5. The molecule has 0 heterocycles. The Labute approximate surface area is 101 Å². The van der Waals surface area contributed by atoms with Gasteiger partial charge in [-0.25, -0.2) is 0 Å². The molecule has 0 aromatic heterocycles. The quantitative estimate of drug-likeness (QED) is 0.886. The van der Waals surface area contributed by atoms with Crippen LogP contribution in [0.4, 0.5) is 13.2 Å². The lowest BCUT2D eigenvalue weighted by Crippen LogP contribution is -2.18. The molecule has 17 heavy (non-hydrogen) atoms. The lowest BCUT2D eigenvalue weighted by molar-refractivity contribution is -0.139. The molecule has 1 aromatic rings. The minimum atomic E-state index is -4.61. The third-order valence-electron chi connectivity index (χ3n) is 2.21. The Morgan fingerprint density at radius 2 is 2.06 bits per heavy atom. The molecule has 7 heteroatoms. The summed E-state index contributed by atoms with van der Waals surface area (Å²) in [6.45, 7) is -0.328. The van der Waals surface area contributed by atoms with E-state index < -0.39 is 17.8 Å². The van der Waals surface area contributed by atoms with Crippen LogP contribution >= 0.6 is 11.6 Å². The third kappa shape index (κ3) is 3.02. The van der Waals surface area contributed by atoms with E-state index in [9.17, 15) is 18.3 Å². The van der Waals surface area contributed by atoms with Crippen molar-refractivity contribution in [1.29, 1.82) is 0 Å². The van der Waals surface area contributed by atoms with E-state index in [0.29, 0.717) is 0 Å². The first-order chi connectivity index (χ1) is 7.81. The zero-order valence-electron chi connectivity index (χ0n) is 8.88. The molecule has 0 saturated carbocycles. The molecule has 0 aliphatic rings. The van der Waals surface area contributed by atoms with Gasteiger partial charge in [0.2, 0.25) is 0 Å². The topological polar surface area (TPSA) is 55.5 Å². The second-order valence-electron chi connectivity index (χ2n) is 3.32. The summed E-state index contributed by atoms with van der Waals surface area (Å²) in [5, 5.41) is 9.43. The molecule has 0 fully saturated rings. The van der Waals surface area contributed by atoms with Gasteiger partial charge >= 0.3 is 6.18 Å². The molecule has 0 saturated heterocycles. The largest absolute Gasteiger partial charge is 0.495 e. The zero-order valence-corrected chi connectivity index (χ0v) is 9.64. The molecule has 3 N–H and O–H groups in total. The Balaban J connectivity index is 3.42. The van der Waals surface area contributed by atoms with Crippen LogP contribution in [0.25, 0.3) is 0 Å². The molecule has 0 bridgehead atoms. The number of alkyl halides is 3. The summed E-state index contributed by atoms with van der Waals surface area (Å²) in [7, 11) is 1.21. The average molecular weight is 270 g/mol. The minimum Gasteiger partial charge on any atom is -0.495 e. The van der Waals surface area contributed by atoms with E-state index in [2.05, 4.69) is 0 Å². The van der Waals surface area contributed by atoms with Crippen LogP contribution in [0.3, 0.4) is 0 Å². The van der Waals surface area contributed by atoms with Gasteiger partial charge in [0.25, 0.3) is 0 Å². The second kappa shape index (κ2) is 5.12. The first kappa shape index (κ1) is 14.1. The molecule has 1 rings (SSSR count). The summed E-state index contributed by atoms with van der Waals surface area (Å²) < 4.78 is 42.9. The lowest BCUT2D eigenvalue weighted by atomic mass is 10.0. The van der Waals surface area contributed by atoms with E-state index in [4.69, 9.17) is 22.1 Å². The van der Waals surface area contributed by atoms with Crippen molar-refractivity contribution >= 4 is 11.6 Å². The van der Waals surface area contributed by atoms with E-state index in [1.807, 2.05) is 0 Å². The van der Waals surface area contributed by atoms with Crippen LogP contribution in [0.15, 0.2) is 12.1 Å². The second-order valence-corrected chi connectivity index (χ2v) is 3.73. The number of nitrogens with two attached hydrogens (primary N) is 1. The molecule has 0 radical (unpaired) electrons. The van der Waals surface area contributed by atoms with Crippen molar-refractivity contribution in [2.75, 3.05) is 13.7 Å². The van der Waals surface area contributed by atoms with Crippen LogP contribution in [-0.2, 0) is 6.18 Å². The summed E-state index contributed by atoms with van der Waals surface area (Å²) in [6.07, 6.45) is -6.03. The van der Waals surface area contributed by atoms with Crippen molar-refractivity contribution in [2.24, 2.45) is 5.73 Å². The maximum atomic E-state index is 12.7. The molecule has 0 aliphatic heterocycles. The fraction of sp³-hybridized carbons (Fsp3) is 0.400. The van der Waals surface area contributed by atoms with Crippen molar-refractivity contribution < 1.29 is 23.0 Å². The van der Waals surface area contributed by atoms with Gasteiger partial charge in [0.1, 0.15) is 5.75 Å². The van der Waals surface area contributed by atoms with Gasteiger partial charge in [0.15, 0.2) is 0 Å². The molecule has 0 aliphatic carbocycles. The van der Waals surface area contributed by atoms with Gasteiger partial charge in [0.05, 0.1) is 23.8 Å². The summed E-state index contributed by atoms with van der Waals surface area (Å²) in [5.74, 6) is -0.105. The van der Waals surface area contributed by atoms with Gasteiger partial charge in [-0.1, -0.05) is 11.6 Å². The van der Waals surface area contributed by atoms with E-state index in [1.165, 1.54) is 7.11 Å². The number of hydrogen-bond donors (Lipinski definition) is 2. The SMILES string of the molecule is COc1cc(C(F)(F)F)c(C(O)CN)cc1Cl. The maximum absolute atomic E-state index is 12.7. The molecule has 1 atom stereocenters. The number of rotatable bonds is 3. The standard InChI is InChI=1S/C10H11ClF3NO2/c1-17-9-3-6(10(12,13)14)5(2-7(9)11)8(16)4-15/h2-3,8,16H,4,15H2,1H3. The Hall–Kier alpha value is -0.980. The molecule has 1 unspecified atom stereocenters. The highest BCUT2D eigenvalue weighted by Gasteiger charge is 2.36. The van der Waals surface area contributed by atoms with Gasteiger partial charge in [0, 0.05) is 6.54 Å². The van der Waals surface area contributed by atoms with Gasteiger partial charge in [-0.15, -0.1) is 0 Å². The number of ether oxygens (including phenoxy) is 1. The Morgan fingerprint density at radius 1 is 1.47 bits per heavy atom.